The minimum atomic E-state index is -0.734. The number of carbonyl (C=O) groups excluding carboxylic acids is 1. The van der Waals surface area contributed by atoms with Gasteiger partial charge in [0.25, 0.3) is 0 Å². The maximum atomic E-state index is 11.7. The SMILES string of the molecule is CC(C)(N)CCC(=O)NCC1CCCCC1C(=O)O. The van der Waals surface area contributed by atoms with Gasteiger partial charge in [0.05, 0.1) is 5.92 Å². The highest BCUT2D eigenvalue weighted by atomic mass is 16.4. The number of carboxylic acids is 1. The number of carboxylic acid groups (broad SMARTS) is 1. The van der Waals surface area contributed by atoms with Crippen LogP contribution in [0.15, 0.2) is 0 Å². The van der Waals surface area contributed by atoms with Crippen molar-refractivity contribution in [3.05, 3.63) is 0 Å². The lowest BCUT2D eigenvalue weighted by Crippen LogP contribution is -2.38. The number of nitrogens with one attached hydrogen (secondary N) is 1. The Hall–Kier alpha value is -1.10. The second kappa shape index (κ2) is 6.89. The fraction of sp³-hybridized carbons (Fsp3) is 0.857. The number of hydrogen-bond donors (Lipinski definition) is 3. The molecule has 110 valence electrons. The van der Waals surface area contributed by atoms with Gasteiger partial charge in [0, 0.05) is 18.5 Å². The van der Waals surface area contributed by atoms with E-state index in [9.17, 15) is 9.59 Å². The maximum absolute atomic E-state index is 11.7. The van der Waals surface area contributed by atoms with Crippen molar-refractivity contribution in [3.63, 3.8) is 0 Å². The Balaban J connectivity index is 2.34. The van der Waals surface area contributed by atoms with Crippen molar-refractivity contribution in [2.75, 3.05) is 6.54 Å². The summed E-state index contributed by atoms with van der Waals surface area (Å²) in [6, 6.07) is 0. The third-order valence-electron chi connectivity index (χ3n) is 3.78. The van der Waals surface area contributed by atoms with Crippen LogP contribution in [0.1, 0.15) is 52.4 Å². The molecule has 0 aromatic carbocycles. The van der Waals surface area contributed by atoms with Gasteiger partial charge in [-0.3, -0.25) is 9.59 Å². The highest BCUT2D eigenvalue weighted by molar-refractivity contribution is 5.76. The lowest BCUT2D eigenvalue weighted by Gasteiger charge is -2.28. The Labute approximate surface area is 114 Å². The van der Waals surface area contributed by atoms with Gasteiger partial charge < -0.3 is 16.2 Å². The first-order valence-corrected chi connectivity index (χ1v) is 7.08. The number of rotatable bonds is 6. The van der Waals surface area contributed by atoms with E-state index < -0.39 is 5.97 Å². The number of aliphatic carboxylic acids is 1. The molecule has 0 aliphatic heterocycles. The smallest absolute Gasteiger partial charge is 0.306 e. The van der Waals surface area contributed by atoms with Gasteiger partial charge in [-0.1, -0.05) is 12.8 Å². The Morgan fingerprint density at radius 1 is 1.32 bits per heavy atom. The van der Waals surface area contributed by atoms with E-state index in [1.807, 2.05) is 13.8 Å². The second-order valence-corrected chi connectivity index (χ2v) is 6.28. The van der Waals surface area contributed by atoms with Gasteiger partial charge in [0.15, 0.2) is 0 Å². The van der Waals surface area contributed by atoms with Crippen molar-refractivity contribution in [2.45, 2.75) is 57.9 Å². The Morgan fingerprint density at radius 3 is 2.53 bits per heavy atom. The van der Waals surface area contributed by atoms with E-state index in [2.05, 4.69) is 5.32 Å². The summed E-state index contributed by atoms with van der Waals surface area (Å²) in [6.07, 6.45) is 4.67. The molecule has 5 nitrogen and oxygen atoms in total. The van der Waals surface area contributed by atoms with Crippen LogP contribution in [0.2, 0.25) is 0 Å². The molecule has 0 spiro atoms. The van der Waals surface area contributed by atoms with Gasteiger partial charge in [-0.2, -0.15) is 0 Å². The lowest BCUT2D eigenvalue weighted by molar-refractivity contribution is -0.145. The topological polar surface area (TPSA) is 92.4 Å². The number of nitrogens with two attached hydrogens (primary N) is 1. The second-order valence-electron chi connectivity index (χ2n) is 6.28. The van der Waals surface area contributed by atoms with Crippen molar-refractivity contribution in [1.82, 2.24) is 5.32 Å². The van der Waals surface area contributed by atoms with Crippen LogP contribution >= 0.6 is 0 Å². The highest BCUT2D eigenvalue weighted by Gasteiger charge is 2.30. The van der Waals surface area contributed by atoms with Crippen LogP contribution in [-0.4, -0.2) is 29.1 Å². The quantitative estimate of drug-likeness (QED) is 0.682. The monoisotopic (exact) mass is 270 g/mol. The van der Waals surface area contributed by atoms with E-state index in [-0.39, 0.29) is 23.3 Å². The zero-order chi connectivity index (χ0) is 14.5. The highest BCUT2D eigenvalue weighted by Crippen LogP contribution is 2.29. The molecule has 0 saturated heterocycles. The summed E-state index contributed by atoms with van der Waals surface area (Å²) in [5, 5.41) is 12.0. The Bertz CT molecular complexity index is 323. The van der Waals surface area contributed by atoms with Crippen LogP contribution < -0.4 is 11.1 Å². The fourth-order valence-corrected chi connectivity index (χ4v) is 2.55. The average Bonchev–Trinajstić information content (AvgIpc) is 2.33. The maximum Gasteiger partial charge on any atom is 0.306 e. The van der Waals surface area contributed by atoms with E-state index in [1.165, 1.54) is 0 Å². The van der Waals surface area contributed by atoms with Crippen molar-refractivity contribution in [3.8, 4) is 0 Å². The fourth-order valence-electron chi connectivity index (χ4n) is 2.55. The summed E-state index contributed by atoms with van der Waals surface area (Å²) in [5.41, 5.74) is 5.49. The molecule has 2 atom stereocenters. The van der Waals surface area contributed by atoms with E-state index in [0.29, 0.717) is 19.4 Å². The average molecular weight is 270 g/mol. The summed E-state index contributed by atoms with van der Waals surface area (Å²) in [6.45, 7) is 4.25. The van der Waals surface area contributed by atoms with Crippen LogP contribution in [0, 0.1) is 11.8 Å². The van der Waals surface area contributed by atoms with Gasteiger partial charge in [-0.05, 0) is 39.0 Å². The zero-order valence-corrected chi connectivity index (χ0v) is 11.9. The third-order valence-corrected chi connectivity index (χ3v) is 3.78. The summed E-state index contributed by atoms with van der Waals surface area (Å²) < 4.78 is 0. The normalized spacial score (nSPS) is 23.9. The molecule has 5 heteroatoms. The number of amides is 1. The van der Waals surface area contributed by atoms with Crippen LogP contribution in [0.5, 0.6) is 0 Å². The molecule has 0 aromatic heterocycles. The van der Waals surface area contributed by atoms with Gasteiger partial charge in [-0.25, -0.2) is 0 Å². The first-order chi connectivity index (χ1) is 8.79. The van der Waals surface area contributed by atoms with Crippen LogP contribution in [0.4, 0.5) is 0 Å². The molecule has 1 aliphatic carbocycles. The molecule has 2 unspecified atom stereocenters. The predicted molar refractivity (Wildman–Crippen MR) is 73.6 cm³/mol. The van der Waals surface area contributed by atoms with Crippen molar-refractivity contribution in [2.24, 2.45) is 17.6 Å². The molecule has 1 saturated carbocycles. The first kappa shape index (κ1) is 16.0. The van der Waals surface area contributed by atoms with E-state index in [1.54, 1.807) is 0 Å². The molecule has 1 rings (SSSR count). The first-order valence-electron chi connectivity index (χ1n) is 7.08. The molecule has 1 fully saturated rings. The van der Waals surface area contributed by atoms with E-state index in [4.69, 9.17) is 10.8 Å². The molecule has 4 N–H and O–H groups in total. The van der Waals surface area contributed by atoms with Crippen LogP contribution in [-0.2, 0) is 9.59 Å². The summed E-state index contributed by atoms with van der Waals surface area (Å²) >= 11 is 0. The van der Waals surface area contributed by atoms with Gasteiger partial charge in [0.2, 0.25) is 5.91 Å². The minimum Gasteiger partial charge on any atom is -0.481 e. The molecule has 1 amide bonds. The van der Waals surface area contributed by atoms with Gasteiger partial charge in [0.1, 0.15) is 0 Å². The molecule has 0 radical (unpaired) electrons. The number of hydrogen-bond acceptors (Lipinski definition) is 3. The summed E-state index contributed by atoms with van der Waals surface area (Å²) in [5.74, 6) is -1.00. The van der Waals surface area contributed by atoms with Crippen molar-refractivity contribution >= 4 is 11.9 Å². The summed E-state index contributed by atoms with van der Waals surface area (Å²) in [7, 11) is 0. The van der Waals surface area contributed by atoms with Gasteiger partial charge in [-0.15, -0.1) is 0 Å². The largest absolute Gasteiger partial charge is 0.481 e. The zero-order valence-electron chi connectivity index (χ0n) is 11.9. The molecule has 1 aliphatic rings. The van der Waals surface area contributed by atoms with Gasteiger partial charge >= 0.3 is 5.97 Å². The van der Waals surface area contributed by atoms with E-state index in [0.717, 1.165) is 25.7 Å². The Kier molecular flexibility index (Phi) is 5.79. The van der Waals surface area contributed by atoms with Crippen molar-refractivity contribution < 1.29 is 14.7 Å². The van der Waals surface area contributed by atoms with Crippen LogP contribution in [0.25, 0.3) is 0 Å². The third kappa shape index (κ3) is 6.05. The molecular weight excluding hydrogens is 244 g/mol. The lowest BCUT2D eigenvalue weighted by atomic mass is 9.79. The standard InChI is InChI=1S/C14H26N2O3/c1-14(2,15)8-7-12(17)16-9-10-5-3-4-6-11(10)13(18)19/h10-11H,3-9,15H2,1-2H3,(H,16,17)(H,18,19). The number of carbonyl (C=O) groups is 2. The van der Waals surface area contributed by atoms with Crippen LogP contribution in [0.3, 0.4) is 0 Å². The van der Waals surface area contributed by atoms with E-state index >= 15 is 0 Å². The molecular formula is C14H26N2O3. The Morgan fingerprint density at radius 2 is 1.95 bits per heavy atom. The minimum absolute atomic E-state index is 0.0340. The summed E-state index contributed by atoms with van der Waals surface area (Å²) in [4.78, 5) is 22.8. The molecule has 19 heavy (non-hydrogen) atoms. The molecule has 0 bridgehead atoms. The predicted octanol–water partition coefficient (Wildman–Crippen LogP) is 1.51. The molecule has 0 heterocycles. The molecule has 0 aromatic rings. The van der Waals surface area contributed by atoms with Crippen molar-refractivity contribution in [1.29, 1.82) is 0 Å².